The third-order valence-corrected chi connectivity index (χ3v) is 3.98. The summed E-state index contributed by atoms with van der Waals surface area (Å²) in [7, 11) is 1.67. The second-order valence-electron chi connectivity index (χ2n) is 5.02. The maximum atomic E-state index is 12.5. The zero-order chi connectivity index (χ0) is 18.0. The van der Waals surface area contributed by atoms with Crippen LogP contribution in [0.3, 0.4) is 0 Å². The lowest BCUT2D eigenvalue weighted by Crippen LogP contribution is -2.09. The smallest absolute Gasteiger partial charge is 0.312 e. The molecule has 1 aromatic carbocycles. The van der Waals surface area contributed by atoms with E-state index in [1.807, 2.05) is 0 Å². The second-order valence-corrected chi connectivity index (χ2v) is 5.78. The Balaban J connectivity index is 1.99. The number of carbonyl (C=O) groups excluding carboxylic acids is 1. The summed E-state index contributed by atoms with van der Waals surface area (Å²) >= 11 is 3.22. The Labute approximate surface area is 150 Å². The third kappa shape index (κ3) is 3.41. The van der Waals surface area contributed by atoms with Crippen LogP contribution in [0, 0.1) is 10.1 Å². The summed E-state index contributed by atoms with van der Waals surface area (Å²) in [5.74, 6) is 0.117. The lowest BCUT2D eigenvalue weighted by molar-refractivity contribution is -0.385. The lowest BCUT2D eigenvalue weighted by atomic mass is 10.1. The van der Waals surface area contributed by atoms with Crippen molar-refractivity contribution in [2.45, 2.75) is 0 Å². The minimum Gasteiger partial charge on any atom is -0.447 e. The fourth-order valence-electron chi connectivity index (χ4n) is 2.17. The van der Waals surface area contributed by atoms with Crippen molar-refractivity contribution < 1.29 is 14.5 Å². The number of nitro groups is 1. The molecule has 2 aromatic heterocycles. The van der Waals surface area contributed by atoms with Crippen molar-refractivity contribution in [3.8, 4) is 11.5 Å². The predicted octanol–water partition coefficient (Wildman–Crippen LogP) is 3.51. The first-order valence-corrected chi connectivity index (χ1v) is 7.85. The largest absolute Gasteiger partial charge is 0.447 e. The Morgan fingerprint density at radius 2 is 2.04 bits per heavy atom. The predicted molar refractivity (Wildman–Crippen MR) is 91.7 cm³/mol. The molecule has 9 heteroatoms. The van der Waals surface area contributed by atoms with Gasteiger partial charge in [0.05, 0.1) is 4.92 Å². The summed E-state index contributed by atoms with van der Waals surface area (Å²) in [6.45, 7) is 0. The molecule has 0 radical (unpaired) electrons. The summed E-state index contributed by atoms with van der Waals surface area (Å²) in [6.07, 6.45) is 4.66. The van der Waals surface area contributed by atoms with E-state index in [0.717, 1.165) is 0 Å². The molecule has 0 saturated heterocycles. The van der Waals surface area contributed by atoms with E-state index in [-0.39, 0.29) is 22.8 Å². The number of halogens is 1. The van der Waals surface area contributed by atoms with E-state index >= 15 is 0 Å². The van der Waals surface area contributed by atoms with Crippen LogP contribution in [0.25, 0.3) is 0 Å². The Morgan fingerprint density at radius 3 is 2.68 bits per heavy atom. The molecule has 3 rings (SSSR count). The van der Waals surface area contributed by atoms with Gasteiger partial charge in [0.15, 0.2) is 11.6 Å². The number of aryl methyl sites for hydroxylation is 1. The van der Waals surface area contributed by atoms with Gasteiger partial charge < -0.3 is 9.30 Å². The van der Waals surface area contributed by atoms with E-state index in [4.69, 9.17) is 4.74 Å². The Bertz CT molecular complexity index is 970. The maximum Gasteiger partial charge on any atom is 0.312 e. The van der Waals surface area contributed by atoms with Gasteiger partial charge in [-0.3, -0.25) is 14.9 Å². The van der Waals surface area contributed by atoms with Crippen LogP contribution >= 0.6 is 15.9 Å². The molecule has 3 aromatic rings. The summed E-state index contributed by atoms with van der Waals surface area (Å²) in [4.78, 5) is 31.2. The molecule has 0 N–H and O–H groups in total. The fraction of sp³-hybridized carbons (Fsp3) is 0.0625. The number of aromatic nitrogens is 3. The molecule has 0 aliphatic heterocycles. The quantitative estimate of drug-likeness (QED) is 0.280. The van der Waals surface area contributed by atoms with E-state index < -0.39 is 10.7 Å². The molecule has 0 unspecified atom stereocenters. The van der Waals surface area contributed by atoms with E-state index in [9.17, 15) is 14.9 Å². The maximum absolute atomic E-state index is 12.5. The molecule has 126 valence electrons. The van der Waals surface area contributed by atoms with E-state index in [2.05, 4.69) is 25.9 Å². The molecule has 25 heavy (non-hydrogen) atoms. The van der Waals surface area contributed by atoms with Gasteiger partial charge in [0.1, 0.15) is 4.60 Å². The van der Waals surface area contributed by atoms with Crippen molar-refractivity contribution in [2.24, 2.45) is 7.05 Å². The number of carbonyl (C=O) groups is 1. The molecular weight excluding hydrogens is 392 g/mol. The van der Waals surface area contributed by atoms with Gasteiger partial charge in [0.25, 0.3) is 0 Å². The number of rotatable bonds is 5. The first-order valence-electron chi connectivity index (χ1n) is 7.06. The van der Waals surface area contributed by atoms with Gasteiger partial charge in [-0.25, -0.2) is 9.97 Å². The van der Waals surface area contributed by atoms with Crippen molar-refractivity contribution in [1.29, 1.82) is 0 Å². The summed E-state index contributed by atoms with van der Waals surface area (Å²) < 4.78 is 7.53. The lowest BCUT2D eigenvalue weighted by Gasteiger charge is -2.08. The van der Waals surface area contributed by atoms with E-state index in [0.29, 0.717) is 10.4 Å². The Hall–Kier alpha value is -3.07. The number of imidazole rings is 1. The van der Waals surface area contributed by atoms with Gasteiger partial charge in [-0.15, -0.1) is 0 Å². The summed E-state index contributed by atoms with van der Waals surface area (Å²) in [6, 6.07) is 7.28. The molecule has 0 aliphatic rings. The molecule has 0 aliphatic carbocycles. The fourth-order valence-corrected chi connectivity index (χ4v) is 2.50. The molecule has 0 saturated carbocycles. The standard InChI is InChI=1S/C16H11BrN4O4/c1-20-8-7-19-16(20)14(22)10-4-5-12(11(9-10)21(23)24)25-13-3-2-6-18-15(13)17/h2-9H,1H3. The van der Waals surface area contributed by atoms with Crippen molar-refractivity contribution in [2.75, 3.05) is 0 Å². The minimum atomic E-state index is -0.602. The zero-order valence-electron chi connectivity index (χ0n) is 12.9. The van der Waals surface area contributed by atoms with Crippen LogP contribution in [0.4, 0.5) is 5.69 Å². The van der Waals surface area contributed by atoms with Crippen molar-refractivity contribution >= 4 is 27.4 Å². The number of nitrogens with zero attached hydrogens (tertiary/aromatic N) is 4. The first-order chi connectivity index (χ1) is 12.0. The van der Waals surface area contributed by atoms with Crippen molar-refractivity contribution in [3.05, 3.63) is 75.0 Å². The van der Waals surface area contributed by atoms with E-state index in [1.165, 1.54) is 24.4 Å². The normalized spacial score (nSPS) is 10.5. The highest BCUT2D eigenvalue weighted by Gasteiger charge is 2.22. The van der Waals surface area contributed by atoms with Gasteiger partial charge >= 0.3 is 5.69 Å². The summed E-state index contributed by atoms with van der Waals surface area (Å²) in [5, 5.41) is 11.4. The molecule has 0 atom stereocenters. The van der Waals surface area contributed by atoms with Crippen molar-refractivity contribution in [1.82, 2.24) is 14.5 Å². The van der Waals surface area contributed by atoms with E-state index in [1.54, 1.807) is 36.1 Å². The van der Waals surface area contributed by atoms with Crippen LogP contribution in [0.1, 0.15) is 16.2 Å². The average molecular weight is 403 g/mol. The van der Waals surface area contributed by atoms with Gasteiger partial charge in [-0.2, -0.15) is 0 Å². The zero-order valence-corrected chi connectivity index (χ0v) is 14.5. The summed E-state index contributed by atoms with van der Waals surface area (Å²) in [5.41, 5.74) is -0.172. The van der Waals surface area contributed by atoms with Crippen molar-refractivity contribution in [3.63, 3.8) is 0 Å². The Kier molecular flexibility index (Phi) is 4.57. The number of hydrogen-bond acceptors (Lipinski definition) is 6. The Morgan fingerprint density at radius 1 is 1.24 bits per heavy atom. The molecule has 0 fully saturated rings. The molecular formula is C16H11BrN4O4. The second kappa shape index (κ2) is 6.81. The van der Waals surface area contributed by atoms with Crippen LogP contribution < -0.4 is 4.74 Å². The number of pyridine rings is 1. The van der Waals surface area contributed by atoms with Crippen LogP contribution in [-0.4, -0.2) is 25.2 Å². The third-order valence-electron chi connectivity index (χ3n) is 3.39. The van der Waals surface area contributed by atoms with Crippen LogP contribution in [0.15, 0.2) is 53.5 Å². The van der Waals surface area contributed by atoms with Gasteiger partial charge in [-0.1, -0.05) is 0 Å². The number of nitro benzene ring substituents is 1. The highest BCUT2D eigenvalue weighted by molar-refractivity contribution is 9.10. The molecule has 8 nitrogen and oxygen atoms in total. The average Bonchev–Trinajstić information content (AvgIpc) is 3.02. The molecule has 0 spiro atoms. The van der Waals surface area contributed by atoms with Gasteiger partial charge in [0.2, 0.25) is 11.5 Å². The molecule has 2 heterocycles. The number of benzene rings is 1. The van der Waals surface area contributed by atoms with Gasteiger partial charge in [-0.05, 0) is 40.2 Å². The highest BCUT2D eigenvalue weighted by Crippen LogP contribution is 2.34. The monoisotopic (exact) mass is 402 g/mol. The SMILES string of the molecule is Cn1ccnc1C(=O)c1ccc(Oc2cccnc2Br)c([N+](=O)[O-])c1. The number of hydrogen-bond donors (Lipinski definition) is 0. The first kappa shape index (κ1) is 16.8. The number of ketones is 1. The van der Waals surface area contributed by atoms with Crippen LogP contribution in [0.2, 0.25) is 0 Å². The topological polar surface area (TPSA) is 100 Å². The van der Waals surface area contributed by atoms with Crippen LogP contribution in [0.5, 0.6) is 11.5 Å². The highest BCUT2D eigenvalue weighted by atomic mass is 79.9. The number of ether oxygens (including phenoxy) is 1. The molecule has 0 amide bonds. The molecule has 0 bridgehead atoms. The van der Waals surface area contributed by atoms with Crippen LogP contribution in [-0.2, 0) is 7.05 Å². The minimum absolute atomic E-state index is 0.00934. The van der Waals surface area contributed by atoms with Gasteiger partial charge in [0, 0.05) is 37.3 Å².